The molecule has 0 fully saturated rings. The summed E-state index contributed by atoms with van der Waals surface area (Å²) < 4.78 is 22.5. The van der Waals surface area contributed by atoms with Crippen molar-refractivity contribution in [1.29, 1.82) is 0 Å². The molecule has 0 aliphatic rings. The second kappa shape index (κ2) is 5.35. The van der Waals surface area contributed by atoms with Crippen LogP contribution in [0.5, 0.6) is 0 Å². The highest BCUT2D eigenvalue weighted by atomic mass is 80.0. The van der Waals surface area contributed by atoms with Crippen LogP contribution in [0, 0.1) is 0 Å². The van der Waals surface area contributed by atoms with E-state index in [0.717, 1.165) is 6.07 Å². The van der Waals surface area contributed by atoms with Crippen LogP contribution in [0.2, 0.25) is 0 Å². The molecule has 0 aliphatic carbocycles. The molecule has 0 bridgehead atoms. The van der Waals surface area contributed by atoms with Gasteiger partial charge in [0.05, 0.1) is 4.90 Å². The number of nitrogens with one attached hydrogen (secondary N) is 1. The molecule has 17 heavy (non-hydrogen) atoms. The smallest absolute Gasteiger partial charge is 0.274 e. The Morgan fingerprint density at radius 1 is 1.29 bits per heavy atom. The van der Waals surface area contributed by atoms with Crippen LogP contribution in [0.3, 0.4) is 0 Å². The number of amides is 1. The molecule has 0 saturated heterocycles. The molecule has 1 aromatic rings. The van der Waals surface area contributed by atoms with Gasteiger partial charge in [-0.15, -0.1) is 0 Å². The third-order valence-corrected chi connectivity index (χ3v) is 7.13. The first-order chi connectivity index (χ1) is 7.70. The summed E-state index contributed by atoms with van der Waals surface area (Å²) in [5, 5.41) is 8.47. The lowest BCUT2D eigenvalue weighted by molar-refractivity contribution is 0.0706. The zero-order chi connectivity index (χ0) is 13.3. The number of carbonyl (C=O) groups is 1. The number of benzene rings is 1. The van der Waals surface area contributed by atoms with Gasteiger partial charge in [-0.3, -0.25) is 10.0 Å². The molecule has 0 atom stereocenters. The molecule has 0 heterocycles. The maximum atomic E-state index is 12.0. The molecule has 0 spiro atoms. The highest BCUT2D eigenvalue weighted by Gasteiger charge is 2.37. The lowest BCUT2D eigenvalue weighted by Crippen LogP contribution is -2.21. The summed E-state index contributed by atoms with van der Waals surface area (Å²) in [6.07, 6.45) is 0. The molecule has 2 N–H and O–H groups in total. The number of rotatable bonds is 2. The van der Waals surface area contributed by atoms with Gasteiger partial charge in [0.25, 0.3) is 5.91 Å². The van der Waals surface area contributed by atoms with Crippen LogP contribution in [0.15, 0.2) is 29.2 Å². The summed E-state index contributed by atoms with van der Waals surface area (Å²) in [5.74, 6) is -0.786. The number of hydrogen-bond donors (Lipinski definition) is 2. The number of hydroxylamine groups is 1. The van der Waals surface area contributed by atoms with E-state index in [-0.39, 0.29) is 10.5 Å². The van der Waals surface area contributed by atoms with E-state index in [2.05, 4.69) is 47.8 Å². The molecule has 0 saturated carbocycles. The summed E-state index contributed by atoms with van der Waals surface area (Å²) in [4.78, 5) is 11.1. The number of sulfone groups is 1. The van der Waals surface area contributed by atoms with E-state index >= 15 is 0 Å². The van der Waals surface area contributed by atoms with Crippen molar-refractivity contribution in [3.63, 3.8) is 0 Å². The average Bonchev–Trinajstić information content (AvgIpc) is 2.26. The van der Waals surface area contributed by atoms with Crippen molar-refractivity contribution in [3.05, 3.63) is 29.8 Å². The number of halogens is 3. The lowest BCUT2D eigenvalue weighted by Gasteiger charge is -2.13. The van der Waals surface area contributed by atoms with Gasteiger partial charge < -0.3 is 0 Å². The number of hydrogen-bond acceptors (Lipinski definition) is 4. The van der Waals surface area contributed by atoms with Gasteiger partial charge in [0, 0.05) is 5.56 Å². The van der Waals surface area contributed by atoms with Crippen molar-refractivity contribution in [2.45, 2.75) is 6.37 Å². The highest BCUT2D eigenvalue weighted by molar-refractivity contribution is 9.42. The average molecular weight is 452 g/mol. The van der Waals surface area contributed by atoms with E-state index < -0.39 is 17.2 Å². The second-order valence-electron chi connectivity index (χ2n) is 2.92. The first kappa shape index (κ1) is 15.1. The number of alkyl halides is 3. The Kier molecular flexibility index (Phi) is 4.75. The fourth-order valence-electron chi connectivity index (χ4n) is 1.00. The minimum Gasteiger partial charge on any atom is -0.288 e. The van der Waals surface area contributed by atoms with Gasteiger partial charge in [-0.25, -0.2) is 13.9 Å². The summed E-state index contributed by atoms with van der Waals surface area (Å²) in [7, 11) is -3.75. The van der Waals surface area contributed by atoms with E-state index in [1.807, 2.05) is 0 Å². The fourth-order valence-corrected chi connectivity index (χ4v) is 3.49. The maximum absolute atomic E-state index is 12.0. The van der Waals surface area contributed by atoms with Gasteiger partial charge in [-0.05, 0) is 66.0 Å². The second-order valence-corrected chi connectivity index (χ2v) is 13.3. The maximum Gasteiger partial charge on any atom is 0.274 e. The first-order valence-corrected chi connectivity index (χ1v) is 7.92. The Morgan fingerprint density at radius 2 is 1.88 bits per heavy atom. The molecular weight excluding hydrogens is 446 g/mol. The summed E-state index contributed by atoms with van der Waals surface area (Å²) in [6.45, 7) is 0. The van der Waals surface area contributed by atoms with Crippen LogP contribution < -0.4 is 5.48 Å². The third kappa shape index (κ3) is 3.28. The van der Waals surface area contributed by atoms with Crippen molar-refractivity contribution in [3.8, 4) is 0 Å². The predicted molar refractivity (Wildman–Crippen MR) is 72.4 cm³/mol. The van der Waals surface area contributed by atoms with Gasteiger partial charge >= 0.3 is 0 Å². The van der Waals surface area contributed by atoms with Crippen LogP contribution in [0.1, 0.15) is 10.4 Å². The Hall–Kier alpha value is 0.0400. The van der Waals surface area contributed by atoms with Crippen LogP contribution in [0.4, 0.5) is 0 Å². The topological polar surface area (TPSA) is 83.5 Å². The summed E-state index contributed by atoms with van der Waals surface area (Å²) >= 11 is 8.73. The Balaban J connectivity index is 3.31. The molecule has 0 unspecified atom stereocenters. The summed E-state index contributed by atoms with van der Waals surface area (Å²) in [5.41, 5.74) is 1.46. The molecule has 0 aromatic heterocycles. The SMILES string of the molecule is O=C(NO)c1cccc(S(=O)(=O)C(Br)(Br)Br)c1. The Bertz CT molecular complexity index is 538. The lowest BCUT2D eigenvalue weighted by atomic mass is 10.2. The van der Waals surface area contributed by atoms with Crippen molar-refractivity contribution in [2.75, 3.05) is 0 Å². The summed E-state index contributed by atoms with van der Waals surface area (Å²) in [6, 6.07) is 5.26. The Morgan fingerprint density at radius 3 is 2.35 bits per heavy atom. The molecule has 94 valence electrons. The van der Waals surface area contributed by atoms with Crippen LogP contribution >= 0.6 is 47.8 Å². The molecule has 0 aliphatic heterocycles. The molecule has 0 radical (unpaired) electrons. The van der Waals surface area contributed by atoms with E-state index in [0.29, 0.717) is 0 Å². The zero-order valence-corrected chi connectivity index (χ0v) is 13.6. The van der Waals surface area contributed by atoms with E-state index in [4.69, 9.17) is 5.21 Å². The zero-order valence-electron chi connectivity index (χ0n) is 8.02. The molecule has 1 rings (SSSR count). The quantitative estimate of drug-likeness (QED) is 0.411. The van der Waals surface area contributed by atoms with Gasteiger partial charge in [0.15, 0.2) is 0 Å². The Labute approximate surface area is 123 Å². The molecule has 1 amide bonds. The largest absolute Gasteiger partial charge is 0.288 e. The molecular formula is C8H6Br3NO4S. The fraction of sp³-hybridized carbons (Fsp3) is 0.125. The van der Waals surface area contributed by atoms with Crippen LogP contribution in [0.25, 0.3) is 0 Å². The van der Waals surface area contributed by atoms with Crippen molar-refractivity contribution in [2.24, 2.45) is 0 Å². The van der Waals surface area contributed by atoms with Gasteiger partial charge in [-0.1, -0.05) is 6.07 Å². The monoisotopic (exact) mass is 449 g/mol. The third-order valence-electron chi connectivity index (χ3n) is 1.81. The van der Waals surface area contributed by atoms with Gasteiger partial charge in [-0.2, -0.15) is 0 Å². The molecule has 1 aromatic carbocycles. The minimum absolute atomic E-state index is 0.0327. The van der Waals surface area contributed by atoms with Gasteiger partial charge in [0.1, 0.15) is 0 Å². The molecule has 9 heteroatoms. The predicted octanol–water partition coefficient (Wildman–Crippen LogP) is 2.38. The minimum atomic E-state index is -3.75. The molecule has 5 nitrogen and oxygen atoms in total. The van der Waals surface area contributed by atoms with E-state index in [9.17, 15) is 13.2 Å². The van der Waals surface area contributed by atoms with Crippen molar-refractivity contribution in [1.82, 2.24) is 5.48 Å². The first-order valence-electron chi connectivity index (χ1n) is 4.06. The van der Waals surface area contributed by atoms with Crippen molar-refractivity contribution >= 4 is 63.5 Å². The van der Waals surface area contributed by atoms with E-state index in [1.54, 1.807) is 0 Å². The highest BCUT2D eigenvalue weighted by Crippen LogP contribution is 2.43. The number of carbonyl (C=O) groups excluding carboxylic acids is 1. The van der Waals surface area contributed by atoms with Crippen LogP contribution in [-0.2, 0) is 9.84 Å². The van der Waals surface area contributed by atoms with Crippen LogP contribution in [-0.4, -0.2) is 21.0 Å². The standard InChI is InChI=1S/C8H6Br3NO4S/c9-8(10,11)17(15,16)6-3-1-2-5(4-6)7(13)12-14/h1-4,14H,(H,12,13). The van der Waals surface area contributed by atoms with Gasteiger partial charge in [0.2, 0.25) is 11.3 Å². The van der Waals surface area contributed by atoms with E-state index in [1.165, 1.54) is 23.7 Å². The normalized spacial score (nSPS) is 12.2. The van der Waals surface area contributed by atoms with Crippen molar-refractivity contribution < 1.29 is 18.4 Å².